The Hall–Kier alpha value is -1.32. The predicted octanol–water partition coefficient (Wildman–Crippen LogP) is 5.90. The maximum absolute atomic E-state index is 12.2. The average molecular weight is 403 g/mol. The lowest BCUT2D eigenvalue weighted by Crippen LogP contribution is -2.49. The van der Waals surface area contributed by atoms with Crippen molar-refractivity contribution in [1.29, 1.82) is 0 Å². The van der Waals surface area contributed by atoms with E-state index in [0.717, 1.165) is 37.0 Å². The van der Waals surface area contributed by atoms with Crippen LogP contribution in [0, 0.1) is 28.6 Å². The monoisotopic (exact) mass is 402 g/mol. The van der Waals surface area contributed by atoms with E-state index in [9.17, 15) is 9.59 Å². The van der Waals surface area contributed by atoms with Crippen LogP contribution in [-0.4, -0.2) is 23.1 Å². The van der Waals surface area contributed by atoms with E-state index in [1.807, 2.05) is 0 Å². The number of fused-ring (bicyclic) bond motifs is 5. The summed E-state index contributed by atoms with van der Waals surface area (Å²) >= 11 is 0. The summed E-state index contributed by atoms with van der Waals surface area (Å²) in [5.74, 6) is 1.63. The molecule has 3 saturated carbocycles. The molecule has 4 aliphatic carbocycles. The fourth-order valence-corrected chi connectivity index (χ4v) is 7.51. The molecule has 29 heavy (non-hydrogen) atoms. The van der Waals surface area contributed by atoms with Gasteiger partial charge in [0.15, 0.2) is 0 Å². The number of esters is 1. The van der Waals surface area contributed by atoms with Gasteiger partial charge in [-0.2, -0.15) is 0 Å². The predicted molar refractivity (Wildman–Crippen MR) is 112 cm³/mol. The van der Waals surface area contributed by atoms with Gasteiger partial charge in [0.25, 0.3) is 0 Å². The third-order valence-electron chi connectivity index (χ3n) is 9.16. The first kappa shape index (κ1) is 20.9. The first-order chi connectivity index (χ1) is 13.8. The molecule has 0 unspecified atom stereocenters. The molecule has 6 atom stereocenters. The topological polar surface area (TPSA) is 63.6 Å². The van der Waals surface area contributed by atoms with Crippen LogP contribution >= 0.6 is 0 Å². The Labute approximate surface area is 175 Å². The minimum Gasteiger partial charge on any atom is -0.481 e. The molecule has 0 spiro atoms. The average Bonchev–Trinajstić information content (AvgIpc) is 3.07. The van der Waals surface area contributed by atoms with E-state index in [1.165, 1.54) is 38.5 Å². The Kier molecular flexibility index (Phi) is 5.83. The summed E-state index contributed by atoms with van der Waals surface area (Å²) in [5.41, 5.74) is 2.45. The first-order valence-corrected chi connectivity index (χ1v) is 11.9. The lowest BCUT2D eigenvalue weighted by atomic mass is 9.48. The van der Waals surface area contributed by atoms with Crippen LogP contribution in [-0.2, 0) is 14.3 Å². The summed E-state index contributed by atoms with van der Waals surface area (Å²) in [5, 5.41) is 8.70. The molecule has 3 fully saturated rings. The highest BCUT2D eigenvalue weighted by Gasteiger charge is 2.55. The maximum Gasteiger partial charge on any atom is 0.306 e. The molecule has 0 aliphatic heterocycles. The Morgan fingerprint density at radius 1 is 1.07 bits per heavy atom. The molecule has 1 N–H and O–H groups in total. The lowest BCUT2D eigenvalue weighted by molar-refractivity contribution is -0.151. The number of allylic oxidation sites excluding steroid dienone is 1. The van der Waals surface area contributed by atoms with Crippen LogP contribution in [0.3, 0.4) is 0 Å². The maximum atomic E-state index is 12.2. The molecule has 4 rings (SSSR count). The summed E-state index contributed by atoms with van der Waals surface area (Å²) in [7, 11) is 0. The van der Waals surface area contributed by atoms with Gasteiger partial charge in [-0.05, 0) is 86.4 Å². The Morgan fingerprint density at radius 2 is 1.86 bits per heavy atom. The van der Waals surface area contributed by atoms with Gasteiger partial charge in [-0.15, -0.1) is 0 Å². The van der Waals surface area contributed by atoms with Gasteiger partial charge in [-0.25, -0.2) is 0 Å². The molecular weight excluding hydrogens is 364 g/mol. The number of carbonyl (C=O) groups is 2. The van der Waals surface area contributed by atoms with Gasteiger partial charge >= 0.3 is 11.9 Å². The Bertz CT molecular complexity index is 682. The summed E-state index contributed by atoms with van der Waals surface area (Å²) in [6.07, 6.45) is 15.4. The molecule has 4 nitrogen and oxygen atoms in total. The molecule has 0 aromatic rings. The number of hydrogen-bond donors (Lipinski definition) is 1. The first-order valence-electron chi connectivity index (χ1n) is 11.9. The zero-order valence-electron chi connectivity index (χ0n) is 18.3. The van der Waals surface area contributed by atoms with Gasteiger partial charge in [0, 0.05) is 19.3 Å². The molecule has 0 heterocycles. The normalized spacial score (nSPS) is 41.0. The van der Waals surface area contributed by atoms with Crippen molar-refractivity contribution in [1.82, 2.24) is 0 Å². The van der Waals surface area contributed by atoms with E-state index in [1.54, 1.807) is 5.57 Å². The minimum atomic E-state index is -0.798. The number of carboxylic acid groups (broad SMARTS) is 1. The molecule has 4 heteroatoms. The minimum absolute atomic E-state index is 0.0122. The number of aliphatic carboxylic acids is 1. The molecular formula is C25H38O4. The number of carbonyl (C=O) groups excluding carboxylic acids is 1. The molecule has 0 amide bonds. The Morgan fingerprint density at radius 3 is 2.66 bits per heavy atom. The molecule has 0 aromatic carbocycles. The third kappa shape index (κ3) is 4.01. The van der Waals surface area contributed by atoms with E-state index in [2.05, 4.69) is 19.9 Å². The van der Waals surface area contributed by atoms with Crippen LogP contribution in [0.15, 0.2) is 11.6 Å². The SMILES string of the molecule is C[C@@]12CCC[C@H]1[C@@H]1CC=C3C[C@@H](OC(=O)CCCCC(=O)O)CC[C@]3(C)[C@H]1CC2. The van der Waals surface area contributed by atoms with Crippen molar-refractivity contribution in [3.63, 3.8) is 0 Å². The van der Waals surface area contributed by atoms with Crippen molar-refractivity contribution in [3.8, 4) is 0 Å². The van der Waals surface area contributed by atoms with E-state index in [-0.39, 0.29) is 18.5 Å². The van der Waals surface area contributed by atoms with E-state index in [0.29, 0.717) is 30.1 Å². The van der Waals surface area contributed by atoms with Crippen molar-refractivity contribution in [2.75, 3.05) is 0 Å². The van der Waals surface area contributed by atoms with Gasteiger partial charge in [-0.1, -0.05) is 31.9 Å². The third-order valence-corrected chi connectivity index (χ3v) is 9.16. The van der Waals surface area contributed by atoms with Crippen LogP contribution in [0.1, 0.15) is 97.3 Å². The summed E-state index contributed by atoms with van der Waals surface area (Å²) in [4.78, 5) is 22.8. The lowest BCUT2D eigenvalue weighted by Gasteiger charge is -2.57. The molecule has 0 radical (unpaired) electrons. The molecule has 0 bridgehead atoms. The highest BCUT2D eigenvalue weighted by Crippen LogP contribution is 2.64. The van der Waals surface area contributed by atoms with Crippen molar-refractivity contribution in [2.45, 2.75) is 103 Å². The molecule has 4 aliphatic rings. The second-order valence-corrected chi connectivity index (χ2v) is 10.8. The van der Waals surface area contributed by atoms with Crippen molar-refractivity contribution >= 4 is 11.9 Å². The fourth-order valence-electron chi connectivity index (χ4n) is 7.51. The molecule has 0 saturated heterocycles. The van der Waals surface area contributed by atoms with Gasteiger partial charge in [0.2, 0.25) is 0 Å². The quantitative estimate of drug-likeness (QED) is 0.341. The second-order valence-electron chi connectivity index (χ2n) is 10.8. The van der Waals surface area contributed by atoms with Gasteiger partial charge < -0.3 is 9.84 Å². The number of ether oxygens (including phenoxy) is 1. The van der Waals surface area contributed by atoms with E-state index in [4.69, 9.17) is 9.84 Å². The van der Waals surface area contributed by atoms with Gasteiger partial charge in [0.05, 0.1) is 0 Å². The molecule has 0 aromatic heterocycles. The second kappa shape index (κ2) is 8.07. The summed E-state index contributed by atoms with van der Waals surface area (Å²) in [6, 6.07) is 0. The Balaban J connectivity index is 1.35. The smallest absolute Gasteiger partial charge is 0.306 e. The highest BCUT2D eigenvalue weighted by atomic mass is 16.5. The number of carboxylic acids is 1. The van der Waals surface area contributed by atoms with E-state index < -0.39 is 5.97 Å². The highest BCUT2D eigenvalue weighted by molar-refractivity contribution is 5.70. The number of hydrogen-bond acceptors (Lipinski definition) is 3. The van der Waals surface area contributed by atoms with Crippen LogP contribution in [0.2, 0.25) is 0 Å². The number of unbranched alkanes of at least 4 members (excludes halogenated alkanes) is 1. The van der Waals surface area contributed by atoms with Crippen LogP contribution in [0.4, 0.5) is 0 Å². The van der Waals surface area contributed by atoms with E-state index >= 15 is 0 Å². The fraction of sp³-hybridized carbons (Fsp3) is 0.840. The standard InChI is InChI=1S/C25H38O4/c1-24-13-5-6-20(24)19-10-9-17-16-18(11-15-25(17,2)21(19)12-14-24)29-23(28)8-4-3-7-22(26)27/h9,18-21H,3-8,10-16H2,1-2H3,(H,26,27)/t18-,19-,20-,21-,24-,25-/m0/s1. The van der Waals surface area contributed by atoms with Crippen molar-refractivity contribution in [2.24, 2.45) is 28.6 Å². The molecule has 162 valence electrons. The van der Waals surface area contributed by atoms with Crippen LogP contribution < -0.4 is 0 Å². The summed E-state index contributed by atoms with van der Waals surface area (Å²) < 4.78 is 5.79. The zero-order valence-corrected chi connectivity index (χ0v) is 18.3. The number of rotatable bonds is 6. The van der Waals surface area contributed by atoms with Gasteiger partial charge in [0.1, 0.15) is 6.10 Å². The largest absolute Gasteiger partial charge is 0.481 e. The van der Waals surface area contributed by atoms with Gasteiger partial charge in [-0.3, -0.25) is 9.59 Å². The van der Waals surface area contributed by atoms with Crippen LogP contribution in [0.5, 0.6) is 0 Å². The summed E-state index contributed by atoms with van der Waals surface area (Å²) in [6.45, 7) is 5.05. The zero-order chi connectivity index (χ0) is 20.6. The van der Waals surface area contributed by atoms with Crippen molar-refractivity contribution in [3.05, 3.63) is 11.6 Å². The van der Waals surface area contributed by atoms with Crippen LogP contribution in [0.25, 0.3) is 0 Å². The van der Waals surface area contributed by atoms with Crippen molar-refractivity contribution < 1.29 is 19.4 Å².